The van der Waals surface area contributed by atoms with E-state index in [4.69, 9.17) is 17.3 Å². The summed E-state index contributed by atoms with van der Waals surface area (Å²) in [5, 5.41) is 15.8. The highest BCUT2D eigenvalue weighted by atomic mass is 32.1. The summed E-state index contributed by atoms with van der Waals surface area (Å²) in [4.78, 5) is 2.54. The highest BCUT2D eigenvalue weighted by molar-refractivity contribution is 7.71. The number of aliphatic hydroxyl groups excluding tert-OH is 1. The number of H-pyrrole nitrogens is 1. The molecule has 0 aromatic carbocycles. The summed E-state index contributed by atoms with van der Waals surface area (Å²) in [6, 6.07) is 2.15. The van der Waals surface area contributed by atoms with Crippen LogP contribution >= 0.6 is 23.6 Å². The Morgan fingerprint density at radius 1 is 1.56 bits per heavy atom. The number of aliphatic hydroxyl groups is 1. The van der Waals surface area contributed by atoms with Crippen molar-refractivity contribution in [2.24, 2.45) is 0 Å². The van der Waals surface area contributed by atoms with Crippen molar-refractivity contribution in [3.05, 3.63) is 32.0 Å². The molecule has 16 heavy (non-hydrogen) atoms. The third-order valence-corrected chi connectivity index (χ3v) is 3.96. The molecule has 0 spiro atoms. The molecule has 2 aromatic rings. The Morgan fingerprint density at radius 3 is 2.88 bits per heavy atom. The molecule has 0 saturated heterocycles. The van der Waals surface area contributed by atoms with Gasteiger partial charge in [0, 0.05) is 9.75 Å². The molecule has 2 N–H and O–H groups in total. The van der Waals surface area contributed by atoms with E-state index in [0.717, 1.165) is 0 Å². The van der Waals surface area contributed by atoms with Crippen LogP contribution in [0.25, 0.3) is 0 Å². The summed E-state index contributed by atoms with van der Waals surface area (Å²) in [6.07, 6.45) is 0. The Morgan fingerprint density at radius 2 is 2.31 bits per heavy atom. The highest BCUT2D eigenvalue weighted by Gasteiger charge is 2.08. The van der Waals surface area contributed by atoms with Gasteiger partial charge in [0.15, 0.2) is 10.6 Å². The number of nitrogens with one attached hydrogen (secondary N) is 1. The third kappa shape index (κ3) is 2.09. The van der Waals surface area contributed by atoms with Crippen molar-refractivity contribution >= 4 is 23.6 Å². The first-order valence-corrected chi connectivity index (χ1v) is 6.15. The monoisotopic (exact) mass is 255 g/mol. The van der Waals surface area contributed by atoms with Crippen LogP contribution in [0.4, 0.5) is 0 Å². The number of aryl methyl sites for hydroxylation is 2. The Kier molecular flexibility index (Phi) is 3.22. The zero-order valence-corrected chi connectivity index (χ0v) is 10.8. The standard InChI is InChI=1S/C10H13N3OS2/c1-6-3-8(16-7(6)2)4-13-9(5-14)11-12-10(13)15/h3,14H,4-5H2,1-2H3,(H,12,15). The molecule has 2 aromatic heterocycles. The molecule has 0 unspecified atom stereocenters. The van der Waals surface area contributed by atoms with Crippen LogP contribution in [0.2, 0.25) is 0 Å². The molecular weight excluding hydrogens is 242 g/mol. The number of aromatic nitrogens is 3. The Balaban J connectivity index is 2.33. The van der Waals surface area contributed by atoms with E-state index in [1.54, 1.807) is 11.3 Å². The molecule has 6 heteroatoms. The zero-order chi connectivity index (χ0) is 11.7. The van der Waals surface area contributed by atoms with Gasteiger partial charge < -0.3 is 5.11 Å². The lowest BCUT2D eigenvalue weighted by Gasteiger charge is -2.02. The number of thiophene rings is 1. The lowest BCUT2D eigenvalue weighted by molar-refractivity contribution is 0.265. The van der Waals surface area contributed by atoms with Gasteiger partial charge in [-0.15, -0.1) is 11.3 Å². The van der Waals surface area contributed by atoms with E-state index in [-0.39, 0.29) is 6.61 Å². The van der Waals surface area contributed by atoms with Gasteiger partial charge in [-0.05, 0) is 37.7 Å². The van der Waals surface area contributed by atoms with E-state index in [9.17, 15) is 0 Å². The van der Waals surface area contributed by atoms with Crippen LogP contribution < -0.4 is 0 Å². The number of hydrogen-bond donors (Lipinski definition) is 2. The first-order chi connectivity index (χ1) is 7.61. The fourth-order valence-electron chi connectivity index (χ4n) is 1.52. The third-order valence-electron chi connectivity index (χ3n) is 2.51. The molecule has 2 heterocycles. The largest absolute Gasteiger partial charge is 0.388 e. The van der Waals surface area contributed by atoms with E-state index in [2.05, 4.69) is 30.1 Å². The van der Waals surface area contributed by atoms with Crippen molar-refractivity contribution in [2.45, 2.75) is 27.0 Å². The number of rotatable bonds is 3. The molecule has 2 rings (SSSR count). The van der Waals surface area contributed by atoms with Crippen LogP contribution in [0.3, 0.4) is 0 Å². The molecule has 4 nitrogen and oxygen atoms in total. The average Bonchev–Trinajstić information content (AvgIpc) is 2.74. The van der Waals surface area contributed by atoms with Gasteiger partial charge in [-0.1, -0.05) is 0 Å². The van der Waals surface area contributed by atoms with Crippen LogP contribution in [0, 0.1) is 18.6 Å². The number of nitrogens with zero attached hydrogens (tertiary/aromatic N) is 2. The minimum atomic E-state index is -0.101. The first-order valence-electron chi connectivity index (χ1n) is 4.92. The van der Waals surface area contributed by atoms with Crippen molar-refractivity contribution in [3.8, 4) is 0 Å². The summed E-state index contributed by atoms with van der Waals surface area (Å²) in [7, 11) is 0. The summed E-state index contributed by atoms with van der Waals surface area (Å²) in [5.41, 5.74) is 1.29. The van der Waals surface area contributed by atoms with E-state index < -0.39 is 0 Å². The van der Waals surface area contributed by atoms with Gasteiger partial charge >= 0.3 is 0 Å². The second-order valence-corrected chi connectivity index (χ2v) is 5.37. The second-order valence-electron chi connectivity index (χ2n) is 3.64. The topological polar surface area (TPSA) is 53.8 Å². The Bertz CT molecular complexity index is 533. The van der Waals surface area contributed by atoms with Crippen LogP contribution in [0.1, 0.15) is 21.1 Å². The fraction of sp³-hybridized carbons (Fsp3) is 0.400. The fourth-order valence-corrected chi connectivity index (χ4v) is 2.78. The smallest absolute Gasteiger partial charge is 0.195 e. The lowest BCUT2D eigenvalue weighted by Crippen LogP contribution is -2.04. The molecule has 0 amide bonds. The summed E-state index contributed by atoms with van der Waals surface area (Å²) in [6.45, 7) is 4.77. The molecule has 0 atom stereocenters. The molecule has 0 aliphatic heterocycles. The van der Waals surface area contributed by atoms with Gasteiger partial charge in [0.2, 0.25) is 0 Å². The molecule has 0 radical (unpaired) electrons. The molecular formula is C10H13N3OS2. The molecule has 0 aliphatic carbocycles. The second kappa shape index (κ2) is 4.48. The number of aromatic amines is 1. The van der Waals surface area contributed by atoms with Crippen LogP contribution in [-0.4, -0.2) is 19.9 Å². The minimum absolute atomic E-state index is 0.101. The van der Waals surface area contributed by atoms with Gasteiger partial charge in [0.25, 0.3) is 0 Å². The van der Waals surface area contributed by atoms with Gasteiger partial charge in [0.1, 0.15) is 6.61 Å². The predicted molar refractivity (Wildman–Crippen MR) is 66.2 cm³/mol. The van der Waals surface area contributed by atoms with Crippen LogP contribution in [0.5, 0.6) is 0 Å². The van der Waals surface area contributed by atoms with E-state index in [1.165, 1.54) is 15.3 Å². The molecule has 0 saturated carbocycles. The van der Waals surface area contributed by atoms with Crippen LogP contribution in [0.15, 0.2) is 6.07 Å². The van der Waals surface area contributed by atoms with Crippen LogP contribution in [-0.2, 0) is 13.2 Å². The average molecular weight is 255 g/mol. The van der Waals surface area contributed by atoms with Crippen molar-refractivity contribution in [1.82, 2.24) is 14.8 Å². The van der Waals surface area contributed by atoms with E-state index in [1.807, 2.05) is 4.57 Å². The minimum Gasteiger partial charge on any atom is -0.388 e. The van der Waals surface area contributed by atoms with Gasteiger partial charge in [-0.2, -0.15) is 5.10 Å². The summed E-state index contributed by atoms with van der Waals surface area (Å²) >= 11 is 6.87. The highest BCUT2D eigenvalue weighted by Crippen LogP contribution is 2.21. The maximum Gasteiger partial charge on any atom is 0.195 e. The van der Waals surface area contributed by atoms with Gasteiger partial charge in [-0.3, -0.25) is 9.67 Å². The summed E-state index contributed by atoms with van der Waals surface area (Å²) in [5.74, 6) is 0.578. The lowest BCUT2D eigenvalue weighted by atomic mass is 10.3. The van der Waals surface area contributed by atoms with Crippen molar-refractivity contribution in [1.29, 1.82) is 0 Å². The molecule has 0 bridgehead atoms. The zero-order valence-electron chi connectivity index (χ0n) is 9.15. The molecule has 86 valence electrons. The van der Waals surface area contributed by atoms with E-state index >= 15 is 0 Å². The molecule has 0 fully saturated rings. The maximum absolute atomic E-state index is 9.12. The quantitative estimate of drug-likeness (QED) is 0.826. The Labute approximate surface area is 103 Å². The van der Waals surface area contributed by atoms with Crippen molar-refractivity contribution in [3.63, 3.8) is 0 Å². The number of hydrogen-bond acceptors (Lipinski definition) is 4. The SMILES string of the molecule is Cc1cc(Cn2c(CO)n[nH]c2=S)sc1C. The maximum atomic E-state index is 9.12. The van der Waals surface area contributed by atoms with Crippen molar-refractivity contribution in [2.75, 3.05) is 0 Å². The van der Waals surface area contributed by atoms with Gasteiger partial charge in [0.05, 0.1) is 6.54 Å². The van der Waals surface area contributed by atoms with Gasteiger partial charge in [-0.25, -0.2) is 0 Å². The van der Waals surface area contributed by atoms with Crippen molar-refractivity contribution < 1.29 is 5.11 Å². The molecule has 0 aliphatic rings. The summed E-state index contributed by atoms with van der Waals surface area (Å²) < 4.78 is 2.37. The first kappa shape index (κ1) is 11.5. The normalized spacial score (nSPS) is 10.9. The predicted octanol–water partition coefficient (Wildman–Crippen LogP) is 2.16. The Hall–Kier alpha value is -0.980. The van der Waals surface area contributed by atoms with E-state index in [0.29, 0.717) is 17.1 Å².